The minimum Gasteiger partial charge on any atom is -0.345 e. The molecule has 0 radical (unpaired) electrons. The second-order valence-corrected chi connectivity index (χ2v) is 9.52. The topological polar surface area (TPSA) is 6.48 Å². The number of benzene rings is 3. The predicted octanol–water partition coefficient (Wildman–Crippen LogP) is 3.81. The summed E-state index contributed by atoms with van der Waals surface area (Å²) < 4.78 is 0. The predicted molar refractivity (Wildman–Crippen MR) is 121 cm³/mol. The summed E-state index contributed by atoms with van der Waals surface area (Å²) >= 11 is 0. The number of para-hydroxylation sites is 2. The summed E-state index contributed by atoms with van der Waals surface area (Å²) in [5.74, 6) is 0. The van der Waals surface area contributed by atoms with Gasteiger partial charge in [0.25, 0.3) is 6.71 Å². The average Bonchev–Trinajstić information content (AvgIpc) is 2.85. The molecule has 6 rings (SSSR count). The maximum absolute atomic E-state index is 2.63. The largest absolute Gasteiger partial charge is 0.345 e. The van der Waals surface area contributed by atoms with Crippen molar-refractivity contribution in [1.82, 2.24) is 0 Å². The Morgan fingerprint density at radius 2 is 1.36 bits per heavy atom. The zero-order valence-corrected chi connectivity index (χ0v) is 17.2. The van der Waals surface area contributed by atoms with Crippen LogP contribution in [0.25, 0.3) is 0 Å². The number of nitrogens with zero attached hydrogens (tertiary/aromatic N) is 2. The molecular weight excluding hydrogens is 339 g/mol. The zero-order chi connectivity index (χ0) is 19.4. The number of fused-ring (bicyclic) bond motifs is 4. The monoisotopic (exact) mass is 364 g/mol. The molecule has 0 saturated heterocycles. The summed E-state index contributed by atoms with van der Waals surface area (Å²) in [6.45, 7) is 9.90. The van der Waals surface area contributed by atoms with E-state index < -0.39 is 0 Å². The van der Waals surface area contributed by atoms with E-state index in [9.17, 15) is 0 Å². The Kier molecular flexibility index (Phi) is 2.81. The Morgan fingerprint density at radius 1 is 0.714 bits per heavy atom. The second-order valence-electron chi connectivity index (χ2n) is 9.52. The molecule has 2 nitrogen and oxygen atoms in total. The molecule has 3 aliphatic heterocycles. The van der Waals surface area contributed by atoms with Crippen molar-refractivity contribution >= 4 is 45.9 Å². The smallest absolute Gasteiger partial charge is 0.252 e. The van der Waals surface area contributed by atoms with Gasteiger partial charge < -0.3 is 9.80 Å². The van der Waals surface area contributed by atoms with Gasteiger partial charge in [0.15, 0.2) is 0 Å². The van der Waals surface area contributed by atoms with Gasteiger partial charge in [-0.25, -0.2) is 0 Å². The third kappa shape index (κ3) is 1.60. The normalized spacial score (nSPS) is 19.2. The Balaban J connectivity index is 1.79. The van der Waals surface area contributed by atoms with Crippen molar-refractivity contribution < 1.29 is 0 Å². The van der Waals surface area contributed by atoms with Gasteiger partial charge >= 0.3 is 0 Å². The zero-order valence-electron chi connectivity index (χ0n) is 17.2. The molecular formula is C25H25BN2. The van der Waals surface area contributed by atoms with Crippen LogP contribution in [0, 0.1) is 0 Å². The van der Waals surface area contributed by atoms with Gasteiger partial charge in [0.1, 0.15) is 0 Å². The minimum atomic E-state index is 0.00106. The van der Waals surface area contributed by atoms with Gasteiger partial charge in [0.05, 0.1) is 0 Å². The average molecular weight is 364 g/mol. The van der Waals surface area contributed by atoms with E-state index in [0.717, 1.165) is 0 Å². The van der Waals surface area contributed by atoms with E-state index in [1.807, 2.05) is 0 Å². The summed E-state index contributed by atoms with van der Waals surface area (Å²) in [7, 11) is 2.20. The third-order valence-corrected chi connectivity index (χ3v) is 7.92. The lowest BCUT2D eigenvalue weighted by Gasteiger charge is -2.47. The van der Waals surface area contributed by atoms with Crippen molar-refractivity contribution in [2.24, 2.45) is 0 Å². The SMILES string of the molecule is CN1c2ccccc2B2c3cccc4c3N(c3cccc1c32)C(C)(C)C4(C)C. The van der Waals surface area contributed by atoms with Crippen molar-refractivity contribution in [1.29, 1.82) is 0 Å². The first-order valence-electron chi connectivity index (χ1n) is 10.2. The van der Waals surface area contributed by atoms with Gasteiger partial charge in [0, 0.05) is 40.8 Å². The Labute approximate surface area is 167 Å². The molecule has 0 fully saturated rings. The molecule has 0 N–H and O–H groups in total. The van der Waals surface area contributed by atoms with Gasteiger partial charge in [-0.1, -0.05) is 56.3 Å². The van der Waals surface area contributed by atoms with Crippen molar-refractivity contribution in [2.45, 2.75) is 38.6 Å². The van der Waals surface area contributed by atoms with E-state index in [-0.39, 0.29) is 11.0 Å². The van der Waals surface area contributed by atoms with Gasteiger partial charge in [-0.3, -0.25) is 0 Å². The van der Waals surface area contributed by atoms with Gasteiger partial charge in [-0.05, 0) is 54.0 Å². The highest BCUT2D eigenvalue weighted by Crippen LogP contribution is 2.55. The molecule has 3 aromatic rings. The fraction of sp³-hybridized carbons (Fsp3) is 0.280. The molecule has 0 aliphatic carbocycles. The molecule has 0 amide bonds. The Bertz CT molecular complexity index is 1160. The van der Waals surface area contributed by atoms with Crippen LogP contribution >= 0.6 is 0 Å². The molecule has 0 saturated carbocycles. The van der Waals surface area contributed by atoms with Crippen molar-refractivity contribution in [3.63, 3.8) is 0 Å². The van der Waals surface area contributed by atoms with Crippen LogP contribution in [0.4, 0.5) is 22.7 Å². The second kappa shape index (κ2) is 4.83. The van der Waals surface area contributed by atoms with Crippen LogP contribution in [0.1, 0.15) is 33.3 Å². The third-order valence-electron chi connectivity index (χ3n) is 7.92. The van der Waals surface area contributed by atoms with Crippen LogP contribution in [-0.2, 0) is 5.41 Å². The quantitative estimate of drug-likeness (QED) is 0.560. The summed E-state index contributed by atoms with van der Waals surface area (Å²) in [6.07, 6.45) is 0. The molecule has 138 valence electrons. The van der Waals surface area contributed by atoms with E-state index in [0.29, 0.717) is 6.71 Å². The molecule has 0 bridgehead atoms. The van der Waals surface area contributed by atoms with E-state index in [1.54, 1.807) is 0 Å². The minimum absolute atomic E-state index is 0.00106. The molecule has 3 heterocycles. The van der Waals surface area contributed by atoms with Gasteiger partial charge in [-0.15, -0.1) is 0 Å². The standard InChI is InChI=1S/C25H25BN2/c1-24(2)16-10-8-12-18-23(16)28(25(24,3)4)21-15-9-14-20-22(21)26(18)17-11-6-7-13-19(17)27(20)5/h6-15H,1-5H3. The Hall–Kier alpha value is -2.68. The summed E-state index contributed by atoms with van der Waals surface area (Å²) in [5, 5.41) is 0. The first-order valence-corrected chi connectivity index (χ1v) is 10.2. The summed E-state index contributed by atoms with van der Waals surface area (Å²) in [4.78, 5) is 5.00. The van der Waals surface area contributed by atoms with Gasteiger partial charge in [-0.2, -0.15) is 0 Å². The van der Waals surface area contributed by atoms with Crippen LogP contribution in [0.3, 0.4) is 0 Å². The van der Waals surface area contributed by atoms with Crippen LogP contribution in [0.15, 0.2) is 60.7 Å². The number of anilines is 4. The maximum Gasteiger partial charge on any atom is 0.252 e. The van der Waals surface area contributed by atoms with E-state index in [1.165, 1.54) is 44.7 Å². The molecule has 28 heavy (non-hydrogen) atoms. The van der Waals surface area contributed by atoms with Crippen molar-refractivity contribution in [3.8, 4) is 0 Å². The molecule has 3 aliphatic rings. The first kappa shape index (κ1) is 16.3. The number of hydrogen-bond acceptors (Lipinski definition) is 2. The van der Waals surface area contributed by atoms with Crippen LogP contribution in [-0.4, -0.2) is 19.3 Å². The van der Waals surface area contributed by atoms with E-state index >= 15 is 0 Å². The van der Waals surface area contributed by atoms with Crippen LogP contribution in [0.5, 0.6) is 0 Å². The lowest BCUT2D eigenvalue weighted by molar-refractivity contribution is 0.330. The van der Waals surface area contributed by atoms with Crippen LogP contribution in [0.2, 0.25) is 0 Å². The molecule has 3 heteroatoms. The highest BCUT2D eigenvalue weighted by atomic mass is 15.3. The van der Waals surface area contributed by atoms with Crippen molar-refractivity contribution in [3.05, 3.63) is 66.2 Å². The molecule has 0 unspecified atom stereocenters. The highest BCUT2D eigenvalue weighted by Gasteiger charge is 2.56. The lowest BCUT2D eigenvalue weighted by Crippen LogP contribution is -2.63. The highest BCUT2D eigenvalue weighted by molar-refractivity contribution is 7.00. The van der Waals surface area contributed by atoms with Crippen molar-refractivity contribution in [2.75, 3.05) is 16.8 Å². The molecule has 0 spiro atoms. The van der Waals surface area contributed by atoms with E-state index in [4.69, 9.17) is 0 Å². The van der Waals surface area contributed by atoms with Gasteiger partial charge in [0.2, 0.25) is 0 Å². The Morgan fingerprint density at radius 3 is 2.18 bits per heavy atom. The molecule has 0 atom stereocenters. The number of rotatable bonds is 0. The lowest BCUT2D eigenvalue weighted by atomic mass is 9.33. The summed E-state index contributed by atoms with van der Waals surface area (Å²) in [6, 6.07) is 22.7. The van der Waals surface area contributed by atoms with Crippen LogP contribution < -0.4 is 26.2 Å². The van der Waals surface area contributed by atoms with E-state index in [2.05, 4.69) is 105 Å². The fourth-order valence-electron chi connectivity index (χ4n) is 5.83. The maximum atomic E-state index is 2.63. The molecule has 3 aromatic carbocycles. The number of hydrogen-bond donors (Lipinski definition) is 0. The fourth-order valence-corrected chi connectivity index (χ4v) is 5.83. The summed E-state index contributed by atoms with van der Waals surface area (Å²) in [5.41, 5.74) is 11.3. The first-order chi connectivity index (χ1) is 13.4. The molecule has 0 aromatic heterocycles.